The molecule has 23 heavy (non-hydrogen) atoms. The standard InChI is InChI=1S/C19H32N2O2/c1-14(2)11-17(13-21-18(22)23-19(4,5)6)20-12-16-9-7-15(3)8-10-16/h7-10,14,17,20H,11-13H2,1-6H3,(H,21,22). The van der Waals surface area contributed by atoms with Gasteiger partial charge in [0.15, 0.2) is 0 Å². The lowest BCUT2D eigenvalue weighted by Crippen LogP contribution is -2.43. The third-order valence-corrected chi connectivity index (χ3v) is 3.36. The average molecular weight is 320 g/mol. The lowest BCUT2D eigenvalue weighted by atomic mass is 10.0. The topological polar surface area (TPSA) is 50.4 Å². The molecule has 0 heterocycles. The van der Waals surface area contributed by atoms with E-state index in [1.165, 1.54) is 11.1 Å². The van der Waals surface area contributed by atoms with Crippen LogP contribution in [0.2, 0.25) is 0 Å². The first-order valence-electron chi connectivity index (χ1n) is 8.41. The van der Waals surface area contributed by atoms with Gasteiger partial charge in [-0.05, 0) is 45.6 Å². The molecule has 1 aromatic carbocycles. The van der Waals surface area contributed by atoms with E-state index >= 15 is 0 Å². The van der Waals surface area contributed by atoms with Gasteiger partial charge in [-0.2, -0.15) is 0 Å². The maximum absolute atomic E-state index is 11.8. The fraction of sp³-hybridized carbons (Fsp3) is 0.632. The Labute approximate surface area is 141 Å². The molecule has 4 heteroatoms. The average Bonchev–Trinajstić information content (AvgIpc) is 2.41. The van der Waals surface area contributed by atoms with Gasteiger partial charge < -0.3 is 15.4 Å². The second-order valence-corrected chi connectivity index (χ2v) is 7.58. The van der Waals surface area contributed by atoms with Crippen molar-refractivity contribution in [1.82, 2.24) is 10.6 Å². The van der Waals surface area contributed by atoms with Crippen LogP contribution < -0.4 is 10.6 Å². The van der Waals surface area contributed by atoms with E-state index in [1.807, 2.05) is 20.8 Å². The van der Waals surface area contributed by atoms with Crippen molar-refractivity contribution < 1.29 is 9.53 Å². The Bertz CT molecular complexity index is 475. The van der Waals surface area contributed by atoms with Crippen molar-refractivity contribution in [3.8, 4) is 0 Å². The summed E-state index contributed by atoms with van der Waals surface area (Å²) >= 11 is 0. The van der Waals surface area contributed by atoms with Gasteiger partial charge >= 0.3 is 6.09 Å². The molecule has 1 atom stereocenters. The molecule has 0 spiro atoms. The maximum Gasteiger partial charge on any atom is 0.407 e. The van der Waals surface area contributed by atoms with Gasteiger partial charge in [-0.15, -0.1) is 0 Å². The monoisotopic (exact) mass is 320 g/mol. The van der Waals surface area contributed by atoms with Crippen molar-refractivity contribution in [3.63, 3.8) is 0 Å². The van der Waals surface area contributed by atoms with Crippen molar-refractivity contribution in [2.75, 3.05) is 6.54 Å². The van der Waals surface area contributed by atoms with E-state index in [4.69, 9.17) is 4.74 Å². The summed E-state index contributed by atoms with van der Waals surface area (Å²) in [4.78, 5) is 11.8. The Morgan fingerprint density at radius 1 is 1.17 bits per heavy atom. The van der Waals surface area contributed by atoms with Crippen molar-refractivity contribution in [2.24, 2.45) is 5.92 Å². The van der Waals surface area contributed by atoms with Crippen LogP contribution in [0.3, 0.4) is 0 Å². The molecule has 0 saturated carbocycles. The van der Waals surface area contributed by atoms with Gasteiger partial charge in [-0.1, -0.05) is 43.7 Å². The quantitative estimate of drug-likeness (QED) is 0.797. The zero-order valence-corrected chi connectivity index (χ0v) is 15.4. The Morgan fingerprint density at radius 2 is 1.78 bits per heavy atom. The fourth-order valence-corrected chi connectivity index (χ4v) is 2.30. The number of aryl methyl sites for hydroxylation is 1. The molecule has 0 aliphatic carbocycles. The Hall–Kier alpha value is -1.55. The summed E-state index contributed by atoms with van der Waals surface area (Å²) in [6.07, 6.45) is 0.644. The molecular formula is C19H32N2O2. The van der Waals surface area contributed by atoms with E-state index in [-0.39, 0.29) is 12.1 Å². The molecule has 1 aromatic rings. The third kappa shape index (κ3) is 9.24. The highest BCUT2D eigenvalue weighted by Crippen LogP contribution is 2.09. The van der Waals surface area contributed by atoms with Crippen LogP contribution in [0.5, 0.6) is 0 Å². The van der Waals surface area contributed by atoms with E-state index in [9.17, 15) is 4.79 Å². The van der Waals surface area contributed by atoms with Gasteiger partial charge in [0.25, 0.3) is 0 Å². The molecular weight excluding hydrogens is 288 g/mol. The summed E-state index contributed by atoms with van der Waals surface area (Å²) in [6, 6.07) is 8.73. The van der Waals surface area contributed by atoms with Crippen LogP contribution >= 0.6 is 0 Å². The molecule has 0 saturated heterocycles. The molecule has 0 bridgehead atoms. The smallest absolute Gasteiger partial charge is 0.407 e. The van der Waals surface area contributed by atoms with E-state index in [2.05, 4.69) is 55.7 Å². The number of hydrogen-bond donors (Lipinski definition) is 2. The maximum atomic E-state index is 11.8. The molecule has 1 amide bonds. The van der Waals surface area contributed by atoms with E-state index in [0.29, 0.717) is 12.5 Å². The van der Waals surface area contributed by atoms with Gasteiger partial charge in [-0.3, -0.25) is 0 Å². The lowest BCUT2D eigenvalue weighted by molar-refractivity contribution is 0.0521. The fourth-order valence-electron chi connectivity index (χ4n) is 2.30. The summed E-state index contributed by atoms with van der Waals surface area (Å²) in [5, 5.41) is 6.40. The predicted octanol–water partition coefficient (Wildman–Crippen LogP) is 4.02. The van der Waals surface area contributed by atoms with Crippen molar-refractivity contribution in [3.05, 3.63) is 35.4 Å². The van der Waals surface area contributed by atoms with Gasteiger partial charge in [0.2, 0.25) is 0 Å². The first-order chi connectivity index (χ1) is 10.7. The number of benzene rings is 1. The molecule has 130 valence electrons. The summed E-state index contributed by atoms with van der Waals surface area (Å²) in [5.41, 5.74) is 2.05. The molecule has 0 aliphatic rings. The summed E-state index contributed by atoms with van der Waals surface area (Å²) < 4.78 is 5.29. The van der Waals surface area contributed by atoms with Crippen molar-refractivity contribution in [2.45, 2.75) is 66.2 Å². The van der Waals surface area contributed by atoms with Crippen LogP contribution in [0.15, 0.2) is 24.3 Å². The SMILES string of the molecule is Cc1ccc(CNC(CNC(=O)OC(C)(C)C)CC(C)C)cc1. The van der Waals surface area contributed by atoms with Gasteiger partial charge in [-0.25, -0.2) is 4.79 Å². The van der Waals surface area contributed by atoms with E-state index in [0.717, 1.165) is 13.0 Å². The molecule has 0 aliphatic heterocycles. The molecule has 4 nitrogen and oxygen atoms in total. The zero-order chi connectivity index (χ0) is 17.5. The van der Waals surface area contributed by atoms with Crippen molar-refractivity contribution in [1.29, 1.82) is 0 Å². The second kappa shape index (κ2) is 8.92. The molecule has 0 fully saturated rings. The Kier molecular flexibility index (Phi) is 7.56. The normalized spacial score (nSPS) is 13.0. The molecule has 2 N–H and O–H groups in total. The number of rotatable bonds is 7. The van der Waals surface area contributed by atoms with Gasteiger partial charge in [0.05, 0.1) is 0 Å². The number of amides is 1. The number of nitrogens with one attached hydrogen (secondary N) is 2. The van der Waals surface area contributed by atoms with Crippen LogP contribution in [0.25, 0.3) is 0 Å². The largest absolute Gasteiger partial charge is 0.444 e. The number of alkyl carbamates (subject to hydrolysis) is 1. The molecule has 0 aromatic heterocycles. The minimum Gasteiger partial charge on any atom is -0.444 e. The molecule has 1 rings (SSSR count). The first-order valence-corrected chi connectivity index (χ1v) is 8.41. The van der Waals surface area contributed by atoms with Crippen LogP contribution in [0.4, 0.5) is 4.79 Å². The highest BCUT2D eigenvalue weighted by molar-refractivity contribution is 5.67. The second-order valence-electron chi connectivity index (χ2n) is 7.58. The van der Waals surface area contributed by atoms with Crippen LogP contribution in [0, 0.1) is 12.8 Å². The predicted molar refractivity (Wildman–Crippen MR) is 95.5 cm³/mol. The number of ether oxygens (including phenoxy) is 1. The number of hydrogen-bond acceptors (Lipinski definition) is 3. The number of carbonyl (C=O) groups is 1. The summed E-state index contributed by atoms with van der Waals surface area (Å²) in [6.45, 7) is 13.4. The lowest BCUT2D eigenvalue weighted by Gasteiger charge is -2.24. The van der Waals surface area contributed by atoms with Crippen LogP contribution in [-0.4, -0.2) is 24.3 Å². The highest BCUT2D eigenvalue weighted by atomic mass is 16.6. The Balaban J connectivity index is 2.48. The summed E-state index contributed by atoms with van der Waals surface area (Å²) in [5.74, 6) is 0.561. The van der Waals surface area contributed by atoms with Gasteiger partial charge in [0, 0.05) is 19.1 Å². The third-order valence-electron chi connectivity index (χ3n) is 3.36. The molecule has 0 radical (unpaired) electrons. The minimum atomic E-state index is -0.465. The highest BCUT2D eigenvalue weighted by Gasteiger charge is 2.18. The van der Waals surface area contributed by atoms with E-state index < -0.39 is 5.60 Å². The first kappa shape index (κ1) is 19.5. The zero-order valence-electron chi connectivity index (χ0n) is 15.4. The Morgan fingerprint density at radius 3 is 2.30 bits per heavy atom. The number of carbonyl (C=O) groups excluding carboxylic acids is 1. The van der Waals surface area contributed by atoms with E-state index in [1.54, 1.807) is 0 Å². The van der Waals surface area contributed by atoms with Gasteiger partial charge in [0.1, 0.15) is 5.60 Å². The van der Waals surface area contributed by atoms with Crippen LogP contribution in [0.1, 0.15) is 52.2 Å². The van der Waals surface area contributed by atoms with Crippen molar-refractivity contribution >= 4 is 6.09 Å². The van der Waals surface area contributed by atoms with Crippen LogP contribution in [-0.2, 0) is 11.3 Å². The summed E-state index contributed by atoms with van der Waals surface area (Å²) in [7, 11) is 0. The minimum absolute atomic E-state index is 0.226. The molecule has 1 unspecified atom stereocenters.